The molecular formula is C47H66N4O4S. The molecule has 9 atom stereocenters. The zero-order valence-corrected chi connectivity index (χ0v) is 35.6. The number of pyridine rings is 1. The van der Waals surface area contributed by atoms with Crippen molar-refractivity contribution in [2.45, 2.75) is 110 Å². The molecule has 5 aliphatic carbocycles. The van der Waals surface area contributed by atoms with Crippen molar-refractivity contribution in [1.29, 1.82) is 0 Å². The van der Waals surface area contributed by atoms with E-state index in [0.29, 0.717) is 48.2 Å². The van der Waals surface area contributed by atoms with E-state index in [4.69, 9.17) is 0 Å². The summed E-state index contributed by atoms with van der Waals surface area (Å²) in [6.45, 7) is 24.3. The Morgan fingerprint density at radius 1 is 0.911 bits per heavy atom. The van der Waals surface area contributed by atoms with Gasteiger partial charge in [-0.25, -0.2) is 13.2 Å². The lowest BCUT2D eigenvalue weighted by Crippen LogP contribution is -2.68. The number of piperazine rings is 1. The summed E-state index contributed by atoms with van der Waals surface area (Å²) >= 11 is 0. The van der Waals surface area contributed by atoms with Gasteiger partial charge in [-0.05, 0) is 151 Å². The van der Waals surface area contributed by atoms with Gasteiger partial charge in [-0.2, -0.15) is 4.31 Å². The van der Waals surface area contributed by atoms with Crippen molar-refractivity contribution in [2.75, 3.05) is 39.3 Å². The molecule has 0 spiro atoms. The number of carboxylic acid groups (broad SMARTS) is 1. The number of aromatic carboxylic acids is 1. The Balaban J connectivity index is 0.985. The largest absolute Gasteiger partial charge is 0.478 e. The summed E-state index contributed by atoms with van der Waals surface area (Å²) in [5, 5.41) is 13.8. The molecule has 1 saturated heterocycles. The number of nitrogens with one attached hydrogen (secondary N) is 1. The third-order valence-electron chi connectivity index (χ3n) is 17.6. The number of benzene rings is 1. The number of allylic oxidation sites excluding steroid dienone is 3. The minimum absolute atomic E-state index is 0.000758. The molecule has 2 heterocycles. The average molecular weight is 783 g/mol. The lowest BCUT2D eigenvalue weighted by atomic mass is 9.33. The van der Waals surface area contributed by atoms with Gasteiger partial charge in [0.15, 0.2) is 0 Å². The number of hydrogen-bond acceptors (Lipinski definition) is 6. The van der Waals surface area contributed by atoms with Crippen LogP contribution in [-0.2, 0) is 10.0 Å². The predicted octanol–water partition coefficient (Wildman–Crippen LogP) is 8.78. The molecule has 0 radical (unpaired) electrons. The second kappa shape index (κ2) is 14.2. The maximum absolute atomic E-state index is 13.2. The predicted molar refractivity (Wildman–Crippen MR) is 223 cm³/mol. The molecule has 1 aliphatic heterocycles. The van der Waals surface area contributed by atoms with Gasteiger partial charge in [0.05, 0.1) is 5.56 Å². The minimum Gasteiger partial charge on any atom is -0.478 e. The van der Waals surface area contributed by atoms with Crippen LogP contribution in [0.5, 0.6) is 0 Å². The van der Waals surface area contributed by atoms with E-state index in [1.807, 2.05) is 12.1 Å². The van der Waals surface area contributed by atoms with Crippen LogP contribution in [0.25, 0.3) is 5.57 Å². The van der Waals surface area contributed by atoms with Gasteiger partial charge < -0.3 is 10.4 Å². The van der Waals surface area contributed by atoms with Crippen molar-refractivity contribution < 1.29 is 18.3 Å². The van der Waals surface area contributed by atoms with Crippen LogP contribution < -0.4 is 5.32 Å². The first-order valence-electron chi connectivity index (χ1n) is 21.6. The molecule has 8 rings (SSSR count). The van der Waals surface area contributed by atoms with Crippen molar-refractivity contribution in [2.24, 2.45) is 51.2 Å². The molecule has 2 aromatic rings. The Bertz CT molecular complexity index is 1970. The quantitative estimate of drug-likeness (QED) is 0.245. The van der Waals surface area contributed by atoms with Crippen LogP contribution in [0.2, 0.25) is 0 Å². The summed E-state index contributed by atoms with van der Waals surface area (Å²) in [7, 11) is -3.51. The van der Waals surface area contributed by atoms with Crippen LogP contribution in [0.4, 0.5) is 0 Å². The number of fused-ring (bicyclic) bond motifs is 7. The monoisotopic (exact) mass is 782 g/mol. The van der Waals surface area contributed by atoms with Crippen molar-refractivity contribution in [1.82, 2.24) is 19.5 Å². The van der Waals surface area contributed by atoms with Crippen LogP contribution in [0.3, 0.4) is 0 Å². The highest BCUT2D eigenvalue weighted by molar-refractivity contribution is 7.89. The Morgan fingerprint density at radius 2 is 1.64 bits per heavy atom. The third kappa shape index (κ3) is 6.11. The van der Waals surface area contributed by atoms with Crippen LogP contribution >= 0.6 is 0 Å². The minimum atomic E-state index is -3.51. The van der Waals surface area contributed by atoms with Crippen LogP contribution in [0, 0.1) is 51.2 Å². The molecule has 304 valence electrons. The number of rotatable bonds is 9. The normalized spacial score (nSPS) is 38.4. The Kier molecular flexibility index (Phi) is 10.1. The van der Waals surface area contributed by atoms with E-state index >= 15 is 0 Å². The zero-order valence-electron chi connectivity index (χ0n) is 34.8. The number of hydrogen-bond donors (Lipinski definition) is 2. The maximum Gasteiger partial charge on any atom is 0.335 e. The fourth-order valence-corrected chi connectivity index (χ4v) is 16.0. The molecule has 9 heteroatoms. The molecule has 5 fully saturated rings. The van der Waals surface area contributed by atoms with Crippen molar-refractivity contribution in [3.63, 3.8) is 0 Å². The topological polar surface area (TPSA) is 103 Å². The summed E-state index contributed by atoms with van der Waals surface area (Å²) in [5.41, 5.74) is 5.13. The van der Waals surface area contributed by atoms with Gasteiger partial charge in [0.1, 0.15) is 4.90 Å². The van der Waals surface area contributed by atoms with E-state index < -0.39 is 16.0 Å². The van der Waals surface area contributed by atoms with E-state index in [2.05, 4.69) is 69.4 Å². The van der Waals surface area contributed by atoms with Crippen LogP contribution in [0.15, 0.2) is 71.9 Å². The Morgan fingerprint density at radius 3 is 2.30 bits per heavy atom. The van der Waals surface area contributed by atoms with E-state index in [-0.39, 0.29) is 32.1 Å². The number of carbonyl (C=O) groups is 1. The lowest BCUT2D eigenvalue weighted by molar-refractivity contribution is -0.219. The molecule has 1 aromatic carbocycles. The van der Waals surface area contributed by atoms with Gasteiger partial charge in [0.25, 0.3) is 0 Å². The van der Waals surface area contributed by atoms with Gasteiger partial charge in [-0.3, -0.25) is 9.88 Å². The number of aromatic nitrogens is 1. The molecular weight excluding hydrogens is 717 g/mol. The molecule has 4 saturated carbocycles. The molecule has 56 heavy (non-hydrogen) atoms. The molecule has 2 N–H and O–H groups in total. The molecule has 0 bridgehead atoms. The standard InChI is InChI=1S/C47H66N4O4S/c1-32(2)36-16-21-47(49-25-26-50-27-29-51(30-28-50)56(54,55)35-9-8-24-48-31-35)23-22-45(6)38(41(36)47)14-15-40-44(5)19-17-37(33-10-12-34(13-11-33)42(52)53)43(3,4)39(44)18-20-46(40,45)7/h8-13,17,24,31,36,38-41,49H,1,14-16,18-23,25-30H2,2-7H3,(H,52,53)/t36-,38+,39-,40+,41+,44-,45+,46+,47-/m0/s1. The highest BCUT2D eigenvalue weighted by atomic mass is 32.2. The van der Waals surface area contributed by atoms with Gasteiger partial charge in [-0.15, -0.1) is 0 Å². The number of nitrogens with zero attached hydrogens (tertiary/aromatic N) is 3. The summed E-state index contributed by atoms with van der Waals surface area (Å²) in [4.78, 5) is 18.4. The fourth-order valence-electron chi connectivity index (χ4n) is 14.6. The van der Waals surface area contributed by atoms with Gasteiger partial charge in [0, 0.05) is 57.2 Å². The molecule has 8 nitrogen and oxygen atoms in total. The van der Waals surface area contributed by atoms with Gasteiger partial charge in [-0.1, -0.05) is 65.0 Å². The van der Waals surface area contributed by atoms with E-state index in [0.717, 1.165) is 32.6 Å². The Hall–Kier alpha value is -2.85. The molecule has 0 unspecified atom stereocenters. The van der Waals surface area contributed by atoms with Crippen LogP contribution in [-0.4, -0.2) is 78.5 Å². The van der Waals surface area contributed by atoms with Gasteiger partial charge in [0.2, 0.25) is 10.0 Å². The van der Waals surface area contributed by atoms with E-state index in [1.54, 1.807) is 34.8 Å². The van der Waals surface area contributed by atoms with E-state index in [1.165, 1.54) is 74.3 Å². The third-order valence-corrected chi connectivity index (χ3v) is 19.5. The fraction of sp³-hybridized carbons (Fsp3) is 0.660. The summed E-state index contributed by atoms with van der Waals surface area (Å²) in [6, 6.07) is 10.9. The number of sulfonamides is 1. The summed E-state index contributed by atoms with van der Waals surface area (Å²) < 4.78 is 28.1. The van der Waals surface area contributed by atoms with Crippen molar-refractivity contribution >= 4 is 21.6 Å². The first-order valence-corrected chi connectivity index (χ1v) is 23.0. The van der Waals surface area contributed by atoms with Crippen molar-refractivity contribution in [3.8, 4) is 0 Å². The second-order valence-electron chi connectivity index (χ2n) is 20.1. The summed E-state index contributed by atoms with van der Waals surface area (Å²) in [5.74, 6) is 2.16. The zero-order chi connectivity index (χ0) is 39.9. The SMILES string of the molecule is C=C(C)[C@@H]1CC[C@]2(NCCN3CCN(S(=O)(=O)c4cccnc4)CC3)CC[C@]3(C)[C@H](CC[C@@H]4[C@@]5(C)CC=C(c6ccc(C(=O)O)cc6)C(C)(C)[C@@H]5CC[C@]43C)[C@@H]12. The first-order chi connectivity index (χ1) is 26.5. The lowest BCUT2D eigenvalue weighted by Gasteiger charge is -2.72. The molecule has 1 aromatic heterocycles. The van der Waals surface area contributed by atoms with Crippen LogP contribution in [0.1, 0.15) is 115 Å². The molecule has 6 aliphatic rings. The smallest absolute Gasteiger partial charge is 0.335 e. The number of carboxylic acids is 1. The highest BCUT2D eigenvalue weighted by Crippen LogP contribution is 2.76. The molecule has 0 amide bonds. The average Bonchev–Trinajstić information content (AvgIpc) is 3.55. The van der Waals surface area contributed by atoms with Gasteiger partial charge >= 0.3 is 5.97 Å². The van der Waals surface area contributed by atoms with E-state index in [9.17, 15) is 18.3 Å². The highest BCUT2D eigenvalue weighted by Gasteiger charge is 2.70. The maximum atomic E-state index is 13.2. The second-order valence-corrected chi connectivity index (χ2v) is 22.1. The van der Waals surface area contributed by atoms with Crippen molar-refractivity contribution in [3.05, 3.63) is 78.1 Å². The summed E-state index contributed by atoms with van der Waals surface area (Å²) in [6.07, 6.45) is 16.7. The first kappa shape index (κ1) is 40.0. The Labute approximate surface area is 336 Å².